The van der Waals surface area contributed by atoms with Crippen molar-refractivity contribution in [2.45, 2.75) is 45.1 Å². The van der Waals surface area contributed by atoms with Crippen LogP contribution in [0.2, 0.25) is 0 Å². The summed E-state index contributed by atoms with van der Waals surface area (Å²) in [6.45, 7) is 1.91. The molecule has 0 radical (unpaired) electrons. The van der Waals surface area contributed by atoms with Crippen molar-refractivity contribution in [1.29, 1.82) is 0 Å². The number of aromatic amines is 1. The minimum absolute atomic E-state index is 0.0110. The number of rotatable bonds is 5. The standard InChI is InChI=1S/C17H21N5O2/c1-2-13(19-16(23)11-6-3-4-7-11)14-17(24)20-15(22-21-14)12-8-5-9-18-10-12/h5,8-11,13H,2-4,6-7H2,1H3,(H,19,23)(H,20,22,24). The normalized spacial score (nSPS) is 16.0. The monoisotopic (exact) mass is 327 g/mol. The Morgan fingerprint density at radius 1 is 1.38 bits per heavy atom. The highest BCUT2D eigenvalue weighted by Crippen LogP contribution is 2.25. The lowest BCUT2D eigenvalue weighted by atomic mass is 10.1. The van der Waals surface area contributed by atoms with E-state index in [2.05, 4.69) is 25.5 Å². The van der Waals surface area contributed by atoms with Crippen LogP contribution in [0.4, 0.5) is 0 Å². The summed E-state index contributed by atoms with van der Waals surface area (Å²) >= 11 is 0. The van der Waals surface area contributed by atoms with Crippen LogP contribution in [0.1, 0.15) is 50.8 Å². The maximum Gasteiger partial charge on any atom is 0.275 e. The number of carbonyl (C=O) groups is 1. The summed E-state index contributed by atoms with van der Waals surface area (Å²) in [6, 6.07) is 3.14. The second-order valence-electron chi connectivity index (χ2n) is 6.08. The highest BCUT2D eigenvalue weighted by molar-refractivity contribution is 5.79. The summed E-state index contributed by atoms with van der Waals surface area (Å²) in [6.07, 6.45) is 7.87. The number of pyridine rings is 1. The van der Waals surface area contributed by atoms with E-state index < -0.39 is 6.04 Å². The van der Waals surface area contributed by atoms with Gasteiger partial charge in [0.15, 0.2) is 11.5 Å². The molecule has 0 spiro atoms. The molecule has 0 aromatic carbocycles. The van der Waals surface area contributed by atoms with Crippen LogP contribution in [-0.4, -0.2) is 26.1 Å². The van der Waals surface area contributed by atoms with Crippen molar-refractivity contribution in [1.82, 2.24) is 25.5 Å². The first-order valence-electron chi connectivity index (χ1n) is 8.36. The molecule has 2 heterocycles. The van der Waals surface area contributed by atoms with Crippen molar-refractivity contribution in [3.05, 3.63) is 40.6 Å². The molecule has 1 aliphatic carbocycles. The quantitative estimate of drug-likeness (QED) is 0.874. The van der Waals surface area contributed by atoms with E-state index in [0.29, 0.717) is 17.8 Å². The molecule has 0 aliphatic heterocycles. The fourth-order valence-corrected chi connectivity index (χ4v) is 3.05. The Bertz CT molecular complexity index is 753. The molecular weight excluding hydrogens is 306 g/mol. The predicted octanol–water partition coefficient (Wildman–Crippen LogP) is 1.98. The summed E-state index contributed by atoms with van der Waals surface area (Å²) in [5, 5.41) is 11.1. The minimum Gasteiger partial charge on any atom is -0.347 e. The topological polar surface area (TPSA) is 101 Å². The maximum atomic E-state index is 12.4. The van der Waals surface area contributed by atoms with Gasteiger partial charge in [-0.15, -0.1) is 10.2 Å². The summed E-state index contributed by atoms with van der Waals surface area (Å²) in [5.41, 5.74) is 0.607. The van der Waals surface area contributed by atoms with Gasteiger partial charge < -0.3 is 10.3 Å². The summed E-state index contributed by atoms with van der Waals surface area (Å²) < 4.78 is 0. The first-order valence-corrected chi connectivity index (χ1v) is 8.36. The molecule has 2 aromatic rings. The Hall–Kier alpha value is -2.57. The van der Waals surface area contributed by atoms with Crippen LogP contribution in [0.15, 0.2) is 29.3 Å². The Morgan fingerprint density at radius 3 is 2.79 bits per heavy atom. The number of nitrogens with zero attached hydrogens (tertiary/aromatic N) is 3. The fourth-order valence-electron chi connectivity index (χ4n) is 3.05. The van der Waals surface area contributed by atoms with Gasteiger partial charge in [0.05, 0.1) is 6.04 Å². The lowest BCUT2D eigenvalue weighted by Gasteiger charge is -2.18. The Balaban J connectivity index is 1.79. The molecule has 3 rings (SSSR count). The van der Waals surface area contributed by atoms with Gasteiger partial charge in [0.25, 0.3) is 5.56 Å². The largest absolute Gasteiger partial charge is 0.347 e. The van der Waals surface area contributed by atoms with Crippen LogP contribution in [-0.2, 0) is 4.79 Å². The van der Waals surface area contributed by atoms with E-state index in [4.69, 9.17) is 0 Å². The highest BCUT2D eigenvalue weighted by atomic mass is 16.2. The predicted molar refractivity (Wildman–Crippen MR) is 89.0 cm³/mol. The van der Waals surface area contributed by atoms with Gasteiger partial charge in [0, 0.05) is 23.9 Å². The number of amides is 1. The van der Waals surface area contributed by atoms with Crippen molar-refractivity contribution >= 4 is 5.91 Å². The van der Waals surface area contributed by atoms with E-state index in [-0.39, 0.29) is 23.1 Å². The van der Waals surface area contributed by atoms with Gasteiger partial charge in [-0.2, -0.15) is 0 Å². The molecule has 1 unspecified atom stereocenters. The van der Waals surface area contributed by atoms with E-state index in [1.165, 1.54) is 0 Å². The Labute approximate surface area is 139 Å². The van der Waals surface area contributed by atoms with Crippen molar-refractivity contribution in [2.24, 2.45) is 5.92 Å². The number of nitrogens with one attached hydrogen (secondary N) is 2. The van der Waals surface area contributed by atoms with Gasteiger partial charge in [0.2, 0.25) is 5.91 Å². The SMILES string of the molecule is CCC(NC(=O)C1CCCC1)c1nnc(-c2cccnc2)[nH]c1=O. The van der Waals surface area contributed by atoms with E-state index in [1.54, 1.807) is 24.5 Å². The molecule has 2 N–H and O–H groups in total. The van der Waals surface area contributed by atoms with Crippen LogP contribution in [0.3, 0.4) is 0 Å². The van der Waals surface area contributed by atoms with Crippen LogP contribution in [0.25, 0.3) is 11.4 Å². The Morgan fingerprint density at radius 2 is 2.17 bits per heavy atom. The molecule has 7 heteroatoms. The Kier molecular flexibility index (Phi) is 4.98. The first kappa shape index (κ1) is 16.3. The molecule has 24 heavy (non-hydrogen) atoms. The zero-order chi connectivity index (χ0) is 16.9. The van der Waals surface area contributed by atoms with Crippen molar-refractivity contribution in [2.75, 3.05) is 0 Å². The molecule has 2 aromatic heterocycles. The van der Waals surface area contributed by atoms with E-state index in [9.17, 15) is 9.59 Å². The maximum absolute atomic E-state index is 12.4. The van der Waals surface area contributed by atoms with Gasteiger partial charge >= 0.3 is 0 Å². The summed E-state index contributed by atoms with van der Waals surface area (Å²) in [7, 11) is 0. The molecule has 1 atom stereocenters. The lowest BCUT2D eigenvalue weighted by Crippen LogP contribution is -2.36. The average molecular weight is 327 g/mol. The van der Waals surface area contributed by atoms with Gasteiger partial charge in [-0.25, -0.2) is 0 Å². The number of aromatic nitrogens is 4. The van der Waals surface area contributed by atoms with E-state index >= 15 is 0 Å². The van der Waals surface area contributed by atoms with Crippen LogP contribution >= 0.6 is 0 Å². The highest BCUT2D eigenvalue weighted by Gasteiger charge is 2.26. The molecular formula is C17H21N5O2. The van der Waals surface area contributed by atoms with Gasteiger partial charge in [-0.05, 0) is 31.4 Å². The molecule has 1 amide bonds. The smallest absolute Gasteiger partial charge is 0.275 e. The third-order valence-corrected chi connectivity index (χ3v) is 4.44. The number of carbonyl (C=O) groups excluding carboxylic acids is 1. The van der Waals surface area contributed by atoms with Crippen LogP contribution in [0, 0.1) is 5.92 Å². The fraction of sp³-hybridized carbons (Fsp3) is 0.471. The molecule has 0 bridgehead atoms. The second kappa shape index (κ2) is 7.33. The van der Waals surface area contributed by atoms with Crippen LogP contribution in [0.5, 0.6) is 0 Å². The van der Waals surface area contributed by atoms with Gasteiger partial charge in [-0.1, -0.05) is 19.8 Å². The van der Waals surface area contributed by atoms with Crippen molar-refractivity contribution in [3.8, 4) is 11.4 Å². The molecule has 1 fully saturated rings. The minimum atomic E-state index is -0.419. The van der Waals surface area contributed by atoms with Crippen molar-refractivity contribution in [3.63, 3.8) is 0 Å². The molecule has 126 valence electrons. The van der Waals surface area contributed by atoms with Gasteiger partial charge in [0.1, 0.15) is 0 Å². The average Bonchev–Trinajstić information content (AvgIpc) is 3.15. The first-order chi connectivity index (χ1) is 11.7. The molecule has 1 saturated carbocycles. The number of hydrogen-bond donors (Lipinski definition) is 2. The number of hydrogen-bond acceptors (Lipinski definition) is 5. The van der Waals surface area contributed by atoms with Crippen LogP contribution < -0.4 is 10.9 Å². The zero-order valence-electron chi connectivity index (χ0n) is 13.7. The summed E-state index contributed by atoms with van der Waals surface area (Å²) in [4.78, 5) is 31.4. The molecule has 0 saturated heterocycles. The van der Waals surface area contributed by atoms with E-state index in [0.717, 1.165) is 25.7 Å². The van der Waals surface area contributed by atoms with E-state index in [1.807, 2.05) is 6.92 Å². The third-order valence-electron chi connectivity index (χ3n) is 4.44. The third kappa shape index (κ3) is 3.50. The zero-order valence-corrected chi connectivity index (χ0v) is 13.7. The van der Waals surface area contributed by atoms with Gasteiger partial charge in [-0.3, -0.25) is 14.6 Å². The number of H-pyrrole nitrogens is 1. The summed E-state index contributed by atoms with van der Waals surface area (Å²) in [5.74, 6) is 0.437. The second-order valence-corrected chi connectivity index (χ2v) is 6.08. The molecule has 1 aliphatic rings. The molecule has 7 nitrogen and oxygen atoms in total. The van der Waals surface area contributed by atoms with Crippen molar-refractivity contribution < 1.29 is 4.79 Å². The lowest BCUT2D eigenvalue weighted by molar-refractivity contribution is -0.125.